The first-order chi connectivity index (χ1) is 15.1. The van der Waals surface area contributed by atoms with Crippen LogP contribution >= 0.6 is 0 Å². The minimum Gasteiger partial charge on any atom is -0.376 e. The largest absolute Gasteiger partial charge is 0.376 e. The van der Waals surface area contributed by atoms with Crippen LogP contribution in [0, 0.1) is 12.3 Å². The predicted molar refractivity (Wildman–Crippen MR) is 121 cm³/mol. The molecule has 0 spiro atoms. The van der Waals surface area contributed by atoms with E-state index in [1.807, 2.05) is 0 Å². The van der Waals surface area contributed by atoms with Crippen LogP contribution < -0.4 is 21.3 Å². The molecule has 3 rings (SSSR count). The van der Waals surface area contributed by atoms with Crippen molar-refractivity contribution >= 4 is 29.1 Å². The predicted octanol–water partition coefficient (Wildman–Crippen LogP) is 2.77. The van der Waals surface area contributed by atoms with Crippen molar-refractivity contribution in [1.29, 1.82) is 0 Å². The summed E-state index contributed by atoms with van der Waals surface area (Å²) in [6.45, 7) is 0.0470. The van der Waals surface area contributed by atoms with Gasteiger partial charge in [0.15, 0.2) is 0 Å². The van der Waals surface area contributed by atoms with E-state index >= 15 is 0 Å². The highest BCUT2D eigenvalue weighted by molar-refractivity contribution is 6.05. The molecule has 0 saturated heterocycles. The molecule has 0 atom stereocenters. The van der Waals surface area contributed by atoms with Crippen LogP contribution in [0.1, 0.15) is 46.4 Å². The van der Waals surface area contributed by atoms with Crippen LogP contribution in [0.2, 0.25) is 0 Å². The number of rotatable bonds is 8. The van der Waals surface area contributed by atoms with E-state index < -0.39 is 0 Å². The fraction of sp³-hybridized carbons (Fsp3) is 0.292. The van der Waals surface area contributed by atoms with Gasteiger partial charge in [0.1, 0.15) is 0 Å². The second-order valence-electron chi connectivity index (χ2n) is 7.33. The topological polar surface area (TPSA) is 99.3 Å². The molecule has 0 radical (unpaired) electrons. The van der Waals surface area contributed by atoms with Crippen molar-refractivity contribution in [3.63, 3.8) is 0 Å². The lowest BCUT2D eigenvalue weighted by Gasteiger charge is -2.15. The van der Waals surface area contributed by atoms with Crippen LogP contribution in [-0.2, 0) is 4.79 Å². The molecule has 7 nitrogen and oxygen atoms in total. The van der Waals surface area contributed by atoms with E-state index in [1.54, 1.807) is 48.5 Å². The minimum atomic E-state index is -0.333. The minimum absolute atomic E-state index is 0.0714. The molecular weight excluding hydrogens is 392 g/mol. The van der Waals surface area contributed by atoms with Crippen LogP contribution in [0.25, 0.3) is 0 Å². The van der Waals surface area contributed by atoms with Gasteiger partial charge in [-0.1, -0.05) is 43.0 Å². The van der Waals surface area contributed by atoms with Gasteiger partial charge in [-0.15, -0.1) is 6.42 Å². The monoisotopic (exact) mass is 418 g/mol. The fourth-order valence-electron chi connectivity index (χ4n) is 3.56. The molecule has 0 unspecified atom stereocenters. The molecule has 1 aliphatic carbocycles. The summed E-state index contributed by atoms with van der Waals surface area (Å²) in [6, 6.07) is 14.0. The lowest BCUT2D eigenvalue weighted by molar-refractivity contribution is -0.114. The number of anilines is 2. The van der Waals surface area contributed by atoms with E-state index in [-0.39, 0.29) is 36.9 Å². The first kappa shape index (κ1) is 21.9. The van der Waals surface area contributed by atoms with Gasteiger partial charge in [-0.3, -0.25) is 14.4 Å². The van der Waals surface area contributed by atoms with Crippen molar-refractivity contribution < 1.29 is 14.4 Å². The number of para-hydroxylation sites is 2. The van der Waals surface area contributed by atoms with Gasteiger partial charge in [0.2, 0.25) is 5.91 Å². The summed E-state index contributed by atoms with van der Waals surface area (Å²) < 4.78 is 0. The zero-order valence-corrected chi connectivity index (χ0v) is 17.2. The summed E-state index contributed by atoms with van der Waals surface area (Å²) in [5.74, 6) is 1.51. The molecule has 4 N–H and O–H groups in total. The molecule has 2 aromatic rings. The third-order valence-corrected chi connectivity index (χ3v) is 5.10. The Morgan fingerprint density at radius 3 is 2.19 bits per heavy atom. The lowest BCUT2D eigenvalue weighted by Crippen LogP contribution is -2.33. The fourth-order valence-corrected chi connectivity index (χ4v) is 3.56. The Balaban J connectivity index is 1.62. The van der Waals surface area contributed by atoms with Gasteiger partial charge in [0.25, 0.3) is 11.8 Å². The first-order valence-corrected chi connectivity index (χ1v) is 10.3. The van der Waals surface area contributed by atoms with Gasteiger partial charge in [-0.05, 0) is 37.1 Å². The Kier molecular flexibility index (Phi) is 7.66. The molecule has 1 aliphatic rings. The number of terminal acetylenes is 1. The summed E-state index contributed by atoms with van der Waals surface area (Å²) in [4.78, 5) is 37.4. The molecule has 2 aromatic carbocycles. The van der Waals surface area contributed by atoms with E-state index in [1.165, 1.54) is 0 Å². The van der Waals surface area contributed by atoms with E-state index in [0.717, 1.165) is 25.7 Å². The van der Waals surface area contributed by atoms with Crippen LogP contribution in [-0.4, -0.2) is 36.9 Å². The van der Waals surface area contributed by atoms with Gasteiger partial charge in [-0.25, -0.2) is 0 Å². The summed E-state index contributed by atoms with van der Waals surface area (Å²) in [6.07, 6.45) is 9.40. The van der Waals surface area contributed by atoms with Crippen molar-refractivity contribution in [1.82, 2.24) is 10.6 Å². The van der Waals surface area contributed by atoms with Crippen LogP contribution in [0.3, 0.4) is 0 Å². The maximum Gasteiger partial charge on any atom is 0.254 e. The lowest BCUT2D eigenvalue weighted by atomic mass is 10.1. The number of carbonyl (C=O) groups excluding carboxylic acids is 3. The Morgan fingerprint density at radius 2 is 1.52 bits per heavy atom. The van der Waals surface area contributed by atoms with Crippen LogP contribution in [0.5, 0.6) is 0 Å². The highest BCUT2D eigenvalue weighted by Gasteiger charge is 2.20. The first-order valence-electron chi connectivity index (χ1n) is 10.3. The van der Waals surface area contributed by atoms with E-state index in [9.17, 15) is 14.4 Å². The summed E-state index contributed by atoms with van der Waals surface area (Å²) in [5.41, 5.74) is 1.78. The highest BCUT2D eigenvalue weighted by Crippen LogP contribution is 2.20. The van der Waals surface area contributed by atoms with E-state index in [4.69, 9.17) is 6.42 Å². The summed E-state index contributed by atoms with van der Waals surface area (Å²) >= 11 is 0. The third-order valence-electron chi connectivity index (χ3n) is 5.10. The molecule has 160 valence electrons. The van der Waals surface area contributed by atoms with Crippen molar-refractivity contribution in [2.24, 2.45) is 0 Å². The van der Waals surface area contributed by atoms with Gasteiger partial charge in [-0.2, -0.15) is 0 Å². The summed E-state index contributed by atoms with van der Waals surface area (Å²) in [5, 5.41) is 11.4. The Hall–Kier alpha value is -3.79. The smallest absolute Gasteiger partial charge is 0.254 e. The number of nitrogens with one attached hydrogen (secondary N) is 4. The third kappa shape index (κ3) is 6.09. The van der Waals surface area contributed by atoms with Crippen molar-refractivity contribution in [2.45, 2.75) is 31.7 Å². The number of benzene rings is 2. The summed E-state index contributed by atoms with van der Waals surface area (Å²) in [7, 11) is 0. The molecule has 0 aromatic heterocycles. The molecule has 1 fully saturated rings. The van der Waals surface area contributed by atoms with Gasteiger partial charge >= 0.3 is 0 Å². The maximum atomic E-state index is 12.7. The number of carbonyl (C=O) groups is 3. The molecule has 7 heteroatoms. The van der Waals surface area contributed by atoms with E-state index in [2.05, 4.69) is 27.2 Å². The quantitative estimate of drug-likeness (QED) is 0.496. The Morgan fingerprint density at radius 1 is 0.903 bits per heavy atom. The standard InChI is InChI=1S/C24H26N4O3/c1-2-15-25-23(30)18-11-5-7-13-20(18)26-16-22(29)28-21-14-8-6-12-19(21)24(31)27-17-9-3-4-10-17/h1,5-8,11-14,17,26H,3-4,9-10,15-16H2,(H,25,30)(H,27,31)(H,28,29). The SMILES string of the molecule is C#CCNC(=O)c1ccccc1NCC(=O)Nc1ccccc1C(=O)NC1CCCC1. The number of hydrogen-bond donors (Lipinski definition) is 4. The molecule has 0 bridgehead atoms. The zero-order valence-electron chi connectivity index (χ0n) is 17.2. The average Bonchev–Trinajstić information content (AvgIpc) is 3.29. The second kappa shape index (κ2) is 10.8. The molecule has 31 heavy (non-hydrogen) atoms. The Labute approximate surface area is 182 Å². The van der Waals surface area contributed by atoms with Crippen molar-refractivity contribution in [2.75, 3.05) is 23.7 Å². The van der Waals surface area contributed by atoms with Crippen molar-refractivity contribution in [3.8, 4) is 12.3 Å². The van der Waals surface area contributed by atoms with Crippen LogP contribution in [0.15, 0.2) is 48.5 Å². The zero-order chi connectivity index (χ0) is 22.1. The number of amides is 3. The number of hydrogen-bond acceptors (Lipinski definition) is 4. The molecule has 3 amide bonds. The maximum absolute atomic E-state index is 12.7. The molecular formula is C24H26N4O3. The van der Waals surface area contributed by atoms with Crippen LogP contribution in [0.4, 0.5) is 11.4 Å². The molecule has 0 aliphatic heterocycles. The second-order valence-corrected chi connectivity index (χ2v) is 7.33. The van der Waals surface area contributed by atoms with Gasteiger partial charge in [0.05, 0.1) is 29.9 Å². The molecule has 0 heterocycles. The average molecular weight is 418 g/mol. The van der Waals surface area contributed by atoms with Crippen molar-refractivity contribution in [3.05, 3.63) is 59.7 Å². The van der Waals surface area contributed by atoms with Gasteiger partial charge in [0, 0.05) is 11.7 Å². The normalized spacial score (nSPS) is 13.1. The molecule has 1 saturated carbocycles. The highest BCUT2D eigenvalue weighted by atomic mass is 16.2. The Bertz CT molecular complexity index is 990. The van der Waals surface area contributed by atoms with E-state index in [0.29, 0.717) is 22.5 Å². The van der Waals surface area contributed by atoms with Gasteiger partial charge < -0.3 is 21.3 Å².